The van der Waals surface area contributed by atoms with Crippen LogP contribution < -0.4 is 4.74 Å². The Bertz CT molecular complexity index is 962. The van der Waals surface area contributed by atoms with E-state index in [2.05, 4.69) is 10.2 Å². The summed E-state index contributed by atoms with van der Waals surface area (Å²) in [4.78, 5) is 14.5. The number of nitrogens with zero attached hydrogens (tertiary/aromatic N) is 4. The van der Waals surface area contributed by atoms with Crippen molar-refractivity contribution >= 4 is 17.6 Å². The van der Waals surface area contributed by atoms with Gasteiger partial charge >= 0.3 is 0 Å². The maximum Gasteiger partial charge on any atom is 0.246 e. The lowest BCUT2D eigenvalue weighted by Crippen LogP contribution is -2.38. The maximum absolute atomic E-state index is 12.6. The molecule has 4 rings (SSSR count). The third kappa shape index (κ3) is 3.69. The van der Waals surface area contributed by atoms with Crippen LogP contribution in [0.5, 0.6) is 5.75 Å². The molecule has 6 nitrogen and oxygen atoms in total. The molecule has 138 valence electrons. The standard InChI is InChI=1S/C21H22N4O2/c1-27-18-10-7-16(8-11-18)9-12-20(26)24-13-4-5-17(15-24)21-23-22-19-6-2-3-14-25(19)21/h2-3,6-12,14,17H,4-5,13,15H2,1H3/b12-9+. The Morgan fingerprint density at radius 2 is 2.04 bits per heavy atom. The van der Waals surface area contributed by atoms with Crippen molar-refractivity contribution in [2.45, 2.75) is 18.8 Å². The summed E-state index contributed by atoms with van der Waals surface area (Å²) in [7, 11) is 1.64. The molecule has 0 N–H and O–H groups in total. The fraction of sp³-hybridized carbons (Fsp3) is 0.286. The van der Waals surface area contributed by atoms with Crippen molar-refractivity contribution < 1.29 is 9.53 Å². The first-order valence-electron chi connectivity index (χ1n) is 9.15. The minimum absolute atomic E-state index is 0.0318. The summed E-state index contributed by atoms with van der Waals surface area (Å²) in [5.74, 6) is 1.97. The zero-order valence-electron chi connectivity index (χ0n) is 15.3. The number of hydrogen-bond donors (Lipinski definition) is 0. The molecule has 1 aliphatic heterocycles. The van der Waals surface area contributed by atoms with Crippen LogP contribution in [-0.2, 0) is 4.79 Å². The van der Waals surface area contributed by atoms with E-state index in [0.717, 1.165) is 42.2 Å². The van der Waals surface area contributed by atoms with E-state index >= 15 is 0 Å². The first-order chi connectivity index (χ1) is 13.2. The van der Waals surface area contributed by atoms with Gasteiger partial charge in [0.1, 0.15) is 11.6 Å². The number of carbonyl (C=O) groups is 1. The van der Waals surface area contributed by atoms with Gasteiger partial charge in [0.15, 0.2) is 5.65 Å². The molecule has 1 fully saturated rings. The zero-order chi connectivity index (χ0) is 18.6. The monoisotopic (exact) mass is 362 g/mol. The summed E-state index contributed by atoms with van der Waals surface area (Å²) in [6.07, 6.45) is 7.45. The Labute approximate surface area is 158 Å². The van der Waals surface area contributed by atoms with Gasteiger partial charge in [0.25, 0.3) is 0 Å². The molecule has 1 saturated heterocycles. The van der Waals surface area contributed by atoms with Gasteiger partial charge in [0, 0.05) is 31.3 Å². The average Bonchev–Trinajstić information content (AvgIpc) is 3.16. The summed E-state index contributed by atoms with van der Waals surface area (Å²) in [6.45, 7) is 1.44. The van der Waals surface area contributed by atoms with Gasteiger partial charge in [-0.05, 0) is 48.7 Å². The van der Waals surface area contributed by atoms with Crippen LogP contribution in [0, 0.1) is 0 Å². The van der Waals surface area contributed by atoms with Gasteiger partial charge in [0.2, 0.25) is 5.91 Å². The minimum Gasteiger partial charge on any atom is -0.497 e. The molecule has 2 aromatic heterocycles. The van der Waals surface area contributed by atoms with Crippen LogP contribution in [0.3, 0.4) is 0 Å². The van der Waals surface area contributed by atoms with Crippen LogP contribution in [0.2, 0.25) is 0 Å². The number of amides is 1. The van der Waals surface area contributed by atoms with E-state index in [4.69, 9.17) is 4.74 Å². The molecule has 1 amide bonds. The first kappa shape index (κ1) is 17.3. The molecule has 0 aliphatic carbocycles. The number of ether oxygens (including phenoxy) is 1. The van der Waals surface area contributed by atoms with Gasteiger partial charge in [0.05, 0.1) is 7.11 Å². The molecule has 0 saturated carbocycles. The molecular formula is C21H22N4O2. The quantitative estimate of drug-likeness (QED) is 0.669. The highest BCUT2D eigenvalue weighted by atomic mass is 16.5. The van der Waals surface area contributed by atoms with Crippen LogP contribution in [0.15, 0.2) is 54.7 Å². The average molecular weight is 362 g/mol. The smallest absolute Gasteiger partial charge is 0.246 e. The van der Waals surface area contributed by atoms with E-state index in [9.17, 15) is 4.79 Å². The van der Waals surface area contributed by atoms with Crippen molar-refractivity contribution in [2.75, 3.05) is 20.2 Å². The number of carbonyl (C=O) groups excluding carboxylic acids is 1. The number of benzene rings is 1. The van der Waals surface area contributed by atoms with E-state index in [-0.39, 0.29) is 11.8 Å². The normalized spacial score (nSPS) is 17.5. The highest BCUT2D eigenvalue weighted by Gasteiger charge is 2.26. The Balaban J connectivity index is 1.45. The van der Waals surface area contributed by atoms with Crippen molar-refractivity contribution in [3.8, 4) is 5.75 Å². The number of rotatable bonds is 4. The van der Waals surface area contributed by atoms with Gasteiger partial charge in [-0.25, -0.2) is 0 Å². The number of methoxy groups -OCH3 is 1. The third-order valence-corrected chi connectivity index (χ3v) is 4.97. The predicted octanol–water partition coefficient (Wildman–Crippen LogP) is 3.16. The molecule has 3 heterocycles. The molecule has 0 radical (unpaired) electrons. The number of piperidine rings is 1. The molecule has 0 spiro atoms. The number of aromatic nitrogens is 3. The molecule has 1 atom stereocenters. The third-order valence-electron chi connectivity index (χ3n) is 4.97. The Morgan fingerprint density at radius 3 is 2.85 bits per heavy atom. The largest absolute Gasteiger partial charge is 0.497 e. The SMILES string of the molecule is COc1ccc(/C=C/C(=O)N2CCCC(c3nnc4ccccn34)C2)cc1. The van der Waals surface area contributed by atoms with E-state index in [1.165, 1.54) is 0 Å². The number of fused-ring (bicyclic) bond motifs is 1. The van der Waals surface area contributed by atoms with Crippen LogP contribution in [0.25, 0.3) is 11.7 Å². The van der Waals surface area contributed by atoms with E-state index in [1.807, 2.05) is 64.0 Å². The summed E-state index contributed by atoms with van der Waals surface area (Å²) >= 11 is 0. The Morgan fingerprint density at radius 1 is 1.19 bits per heavy atom. The fourth-order valence-corrected chi connectivity index (χ4v) is 3.51. The van der Waals surface area contributed by atoms with Crippen LogP contribution in [0.1, 0.15) is 30.1 Å². The van der Waals surface area contributed by atoms with Crippen LogP contribution in [0.4, 0.5) is 0 Å². The zero-order valence-corrected chi connectivity index (χ0v) is 15.3. The van der Waals surface area contributed by atoms with Gasteiger partial charge < -0.3 is 9.64 Å². The lowest BCUT2D eigenvalue weighted by molar-refractivity contribution is -0.127. The molecule has 27 heavy (non-hydrogen) atoms. The molecular weight excluding hydrogens is 340 g/mol. The van der Waals surface area contributed by atoms with E-state index in [0.29, 0.717) is 6.54 Å². The number of pyridine rings is 1. The molecule has 1 aliphatic rings. The van der Waals surface area contributed by atoms with Crippen molar-refractivity contribution in [3.63, 3.8) is 0 Å². The van der Waals surface area contributed by atoms with Crippen LogP contribution >= 0.6 is 0 Å². The lowest BCUT2D eigenvalue weighted by Gasteiger charge is -2.31. The minimum atomic E-state index is 0.0318. The molecule has 1 unspecified atom stereocenters. The van der Waals surface area contributed by atoms with E-state index < -0.39 is 0 Å². The summed E-state index contributed by atoms with van der Waals surface area (Å²) in [6, 6.07) is 13.5. The second kappa shape index (κ2) is 7.61. The molecule has 1 aromatic carbocycles. The second-order valence-corrected chi connectivity index (χ2v) is 6.72. The number of likely N-dealkylation sites (tertiary alicyclic amines) is 1. The molecule has 0 bridgehead atoms. The summed E-state index contributed by atoms with van der Waals surface area (Å²) in [5.41, 5.74) is 1.82. The van der Waals surface area contributed by atoms with Gasteiger partial charge in [-0.1, -0.05) is 18.2 Å². The lowest BCUT2D eigenvalue weighted by atomic mass is 9.97. The predicted molar refractivity (Wildman–Crippen MR) is 104 cm³/mol. The van der Waals surface area contributed by atoms with Crippen molar-refractivity contribution in [3.05, 3.63) is 66.1 Å². The summed E-state index contributed by atoms with van der Waals surface area (Å²) in [5, 5.41) is 8.61. The highest BCUT2D eigenvalue weighted by molar-refractivity contribution is 5.91. The Hall–Kier alpha value is -3.15. The topological polar surface area (TPSA) is 59.7 Å². The maximum atomic E-state index is 12.6. The first-order valence-corrected chi connectivity index (χ1v) is 9.15. The highest BCUT2D eigenvalue weighted by Crippen LogP contribution is 2.26. The molecule has 3 aromatic rings. The summed E-state index contributed by atoms with van der Waals surface area (Å²) < 4.78 is 7.18. The molecule has 6 heteroatoms. The van der Waals surface area contributed by atoms with Gasteiger partial charge in [-0.15, -0.1) is 10.2 Å². The number of hydrogen-bond acceptors (Lipinski definition) is 4. The van der Waals surface area contributed by atoms with Crippen molar-refractivity contribution in [1.29, 1.82) is 0 Å². The van der Waals surface area contributed by atoms with E-state index in [1.54, 1.807) is 13.2 Å². The fourth-order valence-electron chi connectivity index (χ4n) is 3.51. The second-order valence-electron chi connectivity index (χ2n) is 6.72. The van der Waals surface area contributed by atoms with Crippen molar-refractivity contribution in [2.24, 2.45) is 0 Å². The van der Waals surface area contributed by atoms with Crippen LogP contribution in [-0.4, -0.2) is 45.6 Å². The van der Waals surface area contributed by atoms with Crippen molar-refractivity contribution in [1.82, 2.24) is 19.5 Å². The van der Waals surface area contributed by atoms with Gasteiger partial charge in [-0.2, -0.15) is 0 Å². The van der Waals surface area contributed by atoms with Gasteiger partial charge in [-0.3, -0.25) is 9.20 Å². The Kier molecular flexibility index (Phi) is 4.87.